The number of carbonyl (C=O) groups is 1. The van der Waals surface area contributed by atoms with Gasteiger partial charge >= 0.3 is 6.09 Å². The lowest BCUT2D eigenvalue weighted by molar-refractivity contribution is -0.146. The minimum atomic E-state index is -0.605. The van der Waals surface area contributed by atoms with Crippen LogP contribution in [0, 0.1) is 5.92 Å². The largest absolute Gasteiger partial charge is 0.497 e. The lowest BCUT2D eigenvalue weighted by atomic mass is 9.65. The fraction of sp³-hybridized carbons (Fsp3) is 0.720. The first-order chi connectivity index (χ1) is 15.0. The first kappa shape index (κ1) is 23.3. The second-order valence-corrected chi connectivity index (χ2v) is 10.9. The molecule has 1 aromatic rings. The maximum Gasteiger partial charge on any atom is 0.410 e. The number of nitrogens with zero attached hydrogens (tertiary/aromatic N) is 2. The van der Waals surface area contributed by atoms with Gasteiger partial charge in [-0.05, 0) is 70.6 Å². The van der Waals surface area contributed by atoms with Crippen LogP contribution in [0.15, 0.2) is 24.3 Å². The van der Waals surface area contributed by atoms with Gasteiger partial charge in [-0.1, -0.05) is 12.1 Å². The third-order valence-corrected chi connectivity index (χ3v) is 7.71. The molecule has 4 rings (SSSR count). The molecule has 0 aromatic heterocycles. The lowest BCUT2D eigenvalue weighted by Crippen LogP contribution is -2.66. The van der Waals surface area contributed by atoms with E-state index in [0.717, 1.165) is 30.6 Å². The summed E-state index contributed by atoms with van der Waals surface area (Å²) in [6.45, 7) is 6.34. The molecule has 2 aliphatic heterocycles. The van der Waals surface area contributed by atoms with Crippen LogP contribution in [0.5, 0.6) is 5.75 Å². The molecule has 2 saturated heterocycles. The van der Waals surface area contributed by atoms with Crippen molar-refractivity contribution in [2.75, 3.05) is 20.7 Å². The summed E-state index contributed by atoms with van der Waals surface area (Å²) in [4.78, 5) is 16.9. The van der Waals surface area contributed by atoms with Crippen molar-refractivity contribution in [2.24, 2.45) is 5.92 Å². The van der Waals surface area contributed by atoms with Gasteiger partial charge in [0.2, 0.25) is 0 Å². The van der Waals surface area contributed by atoms with Crippen molar-refractivity contribution < 1.29 is 24.5 Å². The van der Waals surface area contributed by atoms with E-state index in [4.69, 9.17) is 9.47 Å². The van der Waals surface area contributed by atoms with E-state index in [0.29, 0.717) is 19.4 Å². The summed E-state index contributed by atoms with van der Waals surface area (Å²) in [5, 5.41) is 22.0. The summed E-state index contributed by atoms with van der Waals surface area (Å²) in [6, 6.07) is 7.88. The maximum atomic E-state index is 12.8. The molecule has 1 saturated carbocycles. The van der Waals surface area contributed by atoms with Crippen molar-refractivity contribution in [1.29, 1.82) is 0 Å². The lowest BCUT2D eigenvalue weighted by Gasteiger charge is -2.56. The molecule has 3 fully saturated rings. The number of benzene rings is 1. The van der Waals surface area contributed by atoms with Crippen LogP contribution >= 0.6 is 0 Å². The molecule has 2 N–H and O–H groups in total. The predicted molar refractivity (Wildman–Crippen MR) is 122 cm³/mol. The number of aliphatic hydroxyl groups is 2. The Morgan fingerprint density at radius 2 is 1.91 bits per heavy atom. The molecule has 1 aromatic carbocycles. The van der Waals surface area contributed by atoms with E-state index in [1.54, 1.807) is 12.0 Å². The quantitative estimate of drug-likeness (QED) is 0.740. The van der Waals surface area contributed by atoms with Crippen LogP contribution in [-0.2, 0) is 11.2 Å². The minimum Gasteiger partial charge on any atom is -0.497 e. The molecule has 32 heavy (non-hydrogen) atoms. The van der Waals surface area contributed by atoms with Crippen LogP contribution < -0.4 is 4.74 Å². The van der Waals surface area contributed by atoms with Crippen LogP contribution in [-0.4, -0.2) is 82.2 Å². The van der Waals surface area contributed by atoms with Crippen molar-refractivity contribution in [2.45, 2.75) is 88.3 Å². The maximum absolute atomic E-state index is 12.8. The average molecular weight is 447 g/mol. The van der Waals surface area contributed by atoms with Crippen LogP contribution in [0.2, 0.25) is 0 Å². The zero-order chi connectivity index (χ0) is 23.3. The molecule has 1 spiro atoms. The number of piperidine rings is 1. The van der Waals surface area contributed by atoms with E-state index in [9.17, 15) is 15.0 Å². The van der Waals surface area contributed by atoms with Gasteiger partial charge < -0.3 is 24.6 Å². The van der Waals surface area contributed by atoms with Gasteiger partial charge in [-0.15, -0.1) is 0 Å². The van der Waals surface area contributed by atoms with Gasteiger partial charge in [0.25, 0.3) is 0 Å². The predicted octanol–water partition coefficient (Wildman–Crippen LogP) is 2.82. The molecule has 2 heterocycles. The topological polar surface area (TPSA) is 82.5 Å². The fourth-order valence-corrected chi connectivity index (χ4v) is 6.08. The van der Waals surface area contributed by atoms with Crippen molar-refractivity contribution in [3.8, 4) is 5.75 Å². The molecule has 7 nitrogen and oxygen atoms in total. The van der Waals surface area contributed by atoms with Crippen LogP contribution in [0.25, 0.3) is 0 Å². The van der Waals surface area contributed by atoms with E-state index >= 15 is 0 Å². The number of amides is 1. The minimum absolute atomic E-state index is 0.0180. The van der Waals surface area contributed by atoms with Gasteiger partial charge in [-0.3, -0.25) is 4.90 Å². The number of hydrogen-bond acceptors (Lipinski definition) is 6. The Bertz CT molecular complexity index is 823. The number of methoxy groups -OCH3 is 1. The van der Waals surface area contributed by atoms with E-state index in [-0.39, 0.29) is 29.6 Å². The molecule has 1 aliphatic carbocycles. The van der Waals surface area contributed by atoms with Gasteiger partial charge in [-0.2, -0.15) is 0 Å². The van der Waals surface area contributed by atoms with Crippen molar-refractivity contribution in [1.82, 2.24) is 9.80 Å². The zero-order valence-corrected chi connectivity index (χ0v) is 20.0. The highest BCUT2D eigenvalue weighted by atomic mass is 16.6. The highest BCUT2D eigenvalue weighted by molar-refractivity contribution is 5.68. The number of rotatable bonds is 4. The fourth-order valence-electron chi connectivity index (χ4n) is 6.08. The Morgan fingerprint density at radius 1 is 1.22 bits per heavy atom. The third kappa shape index (κ3) is 4.35. The Balaban J connectivity index is 1.58. The molecule has 1 amide bonds. The Labute approximate surface area is 191 Å². The number of likely N-dealkylation sites (N-methyl/N-ethyl adjacent to an activating group) is 1. The molecule has 0 unspecified atom stereocenters. The van der Waals surface area contributed by atoms with Crippen molar-refractivity contribution in [3.63, 3.8) is 0 Å². The van der Waals surface area contributed by atoms with Crippen LogP contribution in [0.1, 0.15) is 52.0 Å². The molecule has 0 radical (unpaired) electrons. The van der Waals surface area contributed by atoms with Crippen molar-refractivity contribution in [3.05, 3.63) is 29.8 Å². The smallest absolute Gasteiger partial charge is 0.410 e. The summed E-state index contributed by atoms with van der Waals surface area (Å²) in [5.41, 5.74) is 0.493. The van der Waals surface area contributed by atoms with E-state index in [2.05, 4.69) is 4.90 Å². The summed E-state index contributed by atoms with van der Waals surface area (Å²) < 4.78 is 10.9. The Kier molecular flexibility index (Phi) is 6.20. The van der Waals surface area contributed by atoms with E-state index in [1.165, 1.54) is 0 Å². The molecule has 3 aliphatic rings. The van der Waals surface area contributed by atoms with E-state index < -0.39 is 17.8 Å². The second kappa shape index (κ2) is 8.50. The number of hydrogen-bond donors (Lipinski definition) is 2. The summed E-state index contributed by atoms with van der Waals surface area (Å²) in [7, 11) is 3.47. The van der Waals surface area contributed by atoms with Gasteiger partial charge in [0.15, 0.2) is 0 Å². The number of fused-ring (bicyclic) bond motifs is 1. The zero-order valence-electron chi connectivity index (χ0n) is 20.0. The molecular formula is C25H38N2O5. The summed E-state index contributed by atoms with van der Waals surface area (Å²) in [5.74, 6) is 0.677. The molecule has 6 atom stereocenters. The average Bonchev–Trinajstić information content (AvgIpc) is 3.11. The Morgan fingerprint density at radius 3 is 2.53 bits per heavy atom. The highest BCUT2D eigenvalue weighted by Crippen LogP contribution is 2.52. The van der Waals surface area contributed by atoms with Gasteiger partial charge in [0.05, 0.1) is 19.3 Å². The summed E-state index contributed by atoms with van der Waals surface area (Å²) >= 11 is 0. The standard InChI is InChI=1S/C25H38N2O5/c1-24(2,3)32-23(30)26(4)17-13-25-11-10-21(28)19(14-25)22(29)20(27(25)15-17)12-16-6-8-18(31-5)9-7-16/h6-9,17,19-22,28-29H,10-15H2,1-5H3/t17-,19+,20-,21+,22+,25-/m1/s1. The SMILES string of the molecule is COc1ccc(C[C@@H]2[C@@H](O)[C@H]3C[C@@]4(CC[C@@H]3O)C[C@@H](N(C)C(=O)OC(C)(C)C)CN24)cc1. The highest BCUT2D eigenvalue weighted by Gasteiger charge is 2.59. The first-order valence-corrected chi connectivity index (χ1v) is 11.7. The normalized spacial score (nSPS) is 34.7. The monoisotopic (exact) mass is 446 g/mol. The summed E-state index contributed by atoms with van der Waals surface area (Å²) in [6.07, 6.45) is 2.50. The molecule has 178 valence electrons. The van der Waals surface area contributed by atoms with Gasteiger partial charge in [-0.25, -0.2) is 4.79 Å². The molecule has 2 bridgehead atoms. The van der Waals surface area contributed by atoms with Gasteiger partial charge in [0.1, 0.15) is 11.4 Å². The molecule has 7 heteroatoms. The number of carbonyl (C=O) groups excluding carboxylic acids is 1. The Hall–Kier alpha value is -1.83. The van der Waals surface area contributed by atoms with E-state index in [1.807, 2.05) is 52.1 Å². The van der Waals surface area contributed by atoms with Crippen molar-refractivity contribution >= 4 is 6.09 Å². The third-order valence-electron chi connectivity index (χ3n) is 7.71. The number of aliphatic hydroxyl groups excluding tert-OH is 2. The first-order valence-electron chi connectivity index (χ1n) is 11.7. The molecular weight excluding hydrogens is 408 g/mol. The van der Waals surface area contributed by atoms with Crippen LogP contribution in [0.3, 0.4) is 0 Å². The number of ether oxygens (including phenoxy) is 2. The van der Waals surface area contributed by atoms with Crippen LogP contribution in [0.4, 0.5) is 4.79 Å². The van der Waals surface area contributed by atoms with Gasteiger partial charge in [0, 0.05) is 37.1 Å². The second-order valence-electron chi connectivity index (χ2n) is 10.9.